The van der Waals surface area contributed by atoms with Gasteiger partial charge >= 0.3 is 0 Å². The number of anilines is 1. The van der Waals surface area contributed by atoms with Gasteiger partial charge < -0.3 is 5.73 Å². The Bertz CT molecular complexity index is 1610. The number of aryl methyl sites for hydroxylation is 2. The maximum absolute atomic E-state index is 13.7. The fourth-order valence-electron chi connectivity index (χ4n) is 6.58. The lowest BCUT2D eigenvalue weighted by atomic mass is 9.65. The first kappa shape index (κ1) is 30.9. The van der Waals surface area contributed by atoms with E-state index in [4.69, 9.17) is 10.8 Å². The Morgan fingerprint density at radius 2 is 1.45 bits per heavy atom. The number of fused-ring (bicyclic) bond motifs is 2. The average molecular weight is 594 g/mol. The summed E-state index contributed by atoms with van der Waals surface area (Å²) in [6, 6.07) is 17.4. The summed E-state index contributed by atoms with van der Waals surface area (Å²) in [4.78, 5) is 43.6. The van der Waals surface area contributed by atoms with Gasteiger partial charge in [-0.25, -0.2) is 19.0 Å². The summed E-state index contributed by atoms with van der Waals surface area (Å²) < 4.78 is 13.7. The van der Waals surface area contributed by atoms with Gasteiger partial charge in [-0.05, 0) is 104 Å². The highest BCUT2D eigenvalue weighted by atomic mass is 19.1. The summed E-state index contributed by atoms with van der Waals surface area (Å²) in [7, 11) is 0. The zero-order chi connectivity index (χ0) is 31.4. The maximum Gasteiger partial charge on any atom is 0.253 e. The van der Waals surface area contributed by atoms with Crippen LogP contribution in [0.5, 0.6) is 0 Å². The molecular formula is C35H36FN5O3. The van der Waals surface area contributed by atoms with Crippen molar-refractivity contribution in [2.45, 2.75) is 82.8 Å². The molecule has 3 aromatic carbocycles. The Hall–Kier alpha value is -4.55. The number of isocyanates is 2. The first-order chi connectivity index (χ1) is 21.2. The fraction of sp³-hybridized carbons (Fsp3) is 0.371. The van der Waals surface area contributed by atoms with Gasteiger partial charge in [0, 0.05) is 6.04 Å². The summed E-state index contributed by atoms with van der Waals surface area (Å²) in [5.41, 5.74) is 12.7. The van der Waals surface area contributed by atoms with Gasteiger partial charge in [0.15, 0.2) is 0 Å². The lowest BCUT2D eigenvalue weighted by molar-refractivity contribution is -0.116. The Balaban J connectivity index is 1.77. The zero-order valence-electron chi connectivity index (χ0n) is 25.2. The monoisotopic (exact) mass is 593 g/mol. The number of aliphatic imine (C=N–C) groups is 2. The number of hydrazone groups is 1. The molecule has 2 unspecified atom stereocenters. The molecule has 226 valence electrons. The molecule has 5 rings (SSSR count). The number of nitrogens with zero attached hydrogens (tertiary/aromatic N) is 4. The molecule has 2 aliphatic rings. The van der Waals surface area contributed by atoms with Gasteiger partial charge in [-0.2, -0.15) is 15.1 Å². The SMILES string of the molecule is CC(N=C=O)c1ccc2c(c1)CCc1cc(C(C)N=C=O)ccc1C2(CCC[C@@H](C)N)C1=NN(c2ccc(F)cc2)C(=O)C1. The van der Waals surface area contributed by atoms with Gasteiger partial charge in [-0.3, -0.25) is 4.79 Å². The molecule has 1 amide bonds. The van der Waals surface area contributed by atoms with Gasteiger partial charge in [0.25, 0.3) is 5.91 Å². The van der Waals surface area contributed by atoms with E-state index >= 15 is 0 Å². The van der Waals surface area contributed by atoms with Crippen molar-refractivity contribution in [2.75, 3.05) is 5.01 Å². The minimum Gasteiger partial charge on any atom is -0.328 e. The van der Waals surface area contributed by atoms with Crippen LogP contribution in [-0.2, 0) is 32.6 Å². The molecule has 3 atom stereocenters. The summed E-state index contributed by atoms with van der Waals surface area (Å²) in [5.74, 6) is -0.585. The van der Waals surface area contributed by atoms with E-state index in [1.807, 2.05) is 32.9 Å². The number of carbonyl (C=O) groups is 1. The van der Waals surface area contributed by atoms with Gasteiger partial charge in [0.2, 0.25) is 12.2 Å². The molecule has 44 heavy (non-hydrogen) atoms. The number of nitrogens with two attached hydrogens (primary N) is 1. The Morgan fingerprint density at radius 3 is 1.95 bits per heavy atom. The quantitative estimate of drug-likeness (QED) is 0.219. The van der Waals surface area contributed by atoms with Crippen LogP contribution in [0, 0.1) is 5.82 Å². The van der Waals surface area contributed by atoms with Crippen molar-refractivity contribution in [2.24, 2.45) is 20.8 Å². The minimum atomic E-state index is -0.772. The van der Waals surface area contributed by atoms with E-state index in [9.17, 15) is 18.8 Å². The predicted octanol–water partition coefficient (Wildman–Crippen LogP) is 6.31. The Morgan fingerprint density at radius 1 is 0.909 bits per heavy atom. The number of carbonyl (C=O) groups excluding carboxylic acids is 3. The van der Waals surface area contributed by atoms with Crippen LogP contribution in [0.2, 0.25) is 0 Å². The zero-order valence-corrected chi connectivity index (χ0v) is 25.2. The molecule has 0 spiro atoms. The molecular weight excluding hydrogens is 557 g/mol. The average Bonchev–Trinajstić information content (AvgIpc) is 3.34. The van der Waals surface area contributed by atoms with Crippen molar-refractivity contribution >= 4 is 29.5 Å². The third-order valence-corrected chi connectivity index (χ3v) is 8.85. The first-order valence-electron chi connectivity index (χ1n) is 15.0. The largest absolute Gasteiger partial charge is 0.328 e. The van der Waals surface area contributed by atoms with E-state index in [-0.39, 0.29) is 30.5 Å². The second kappa shape index (κ2) is 13.0. The molecule has 9 heteroatoms. The lowest BCUT2D eigenvalue weighted by Crippen LogP contribution is -2.38. The van der Waals surface area contributed by atoms with Gasteiger partial charge in [0.1, 0.15) is 5.82 Å². The van der Waals surface area contributed by atoms with Crippen LogP contribution >= 0.6 is 0 Å². The van der Waals surface area contributed by atoms with Crippen LogP contribution in [0.4, 0.5) is 10.1 Å². The topological polar surface area (TPSA) is 118 Å². The molecule has 0 radical (unpaired) electrons. The van der Waals surface area contributed by atoms with Crippen LogP contribution in [0.1, 0.15) is 91.9 Å². The summed E-state index contributed by atoms with van der Waals surface area (Å²) in [6.45, 7) is 5.70. The van der Waals surface area contributed by atoms with Crippen LogP contribution in [-0.4, -0.2) is 29.8 Å². The summed E-state index contributed by atoms with van der Waals surface area (Å²) in [5, 5.41) is 6.35. The fourth-order valence-corrected chi connectivity index (χ4v) is 6.58. The van der Waals surface area contributed by atoms with Gasteiger partial charge in [0.05, 0.1) is 35.3 Å². The maximum atomic E-state index is 13.7. The van der Waals surface area contributed by atoms with Crippen LogP contribution < -0.4 is 10.7 Å². The molecule has 0 saturated carbocycles. The van der Waals surface area contributed by atoms with E-state index < -0.39 is 11.2 Å². The second-order valence-electron chi connectivity index (χ2n) is 11.8. The van der Waals surface area contributed by atoms with Crippen molar-refractivity contribution in [1.29, 1.82) is 0 Å². The number of halogens is 1. The molecule has 8 nitrogen and oxygen atoms in total. The predicted molar refractivity (Wildman–Crippen MR) is 168 cm³/mol. The molecule has 2 N–H and O–H groups in total. The molecule has 0 bridgehead atoms. The number of rotatable bonds is 10. The number of amides is 1. The molecule has 0 fully saturated rings. The summed E-state index contributed by atoms with van der Waals surface area (Å²) >= 11 is 0. The molecule has 1 heterocycles. The number of benzene rings is 3. The van der Waals surface area contributed by atoms with Crippen molar-refractivity contribution in [3.63, 3.8) is 0 Å². The molecule has 3 aromatic rings. The lowest BCUT2D eigenvalue weighted by Gasteiger charge is -2.37. The van der Waals surface area contributed by atoms with Crippen molar-refractivity contribution in [3.05, 3.63) is 99.9 Å². The molecule has 0 saturated heterocycles. The second-order valence-corrected chi connectivity index (χ2v) is 11.8. The van der Waals surface area contributed by atoms with Crippen molar-refractivity contribution in [3.8, 4) is 0 Å². The van der Waals surface area contributed by atoms with Crippen LogP contribution in [0.3, 0.4) is 0 Å². The minimum absolute atomic E-state index is 0.00603. The highest BCUT2D eigenvalue weighted by Gasteiger charge is 2.47. The first-order valence-corrected chi connectivity index (χ1v) is 15.0. The Kier molecular flexibility index (Phi) is 9.12. The smallest absolute Gasteiger partial charge is 0.253 e. The molecule has 0 aromatic heterocycles. The van der Waals surface area contributed by atoms with Crippen LogP contribution in [0.15, 0.2) is 75.7 Å². The van der Waals surface area contributed by atoms with E-state index in [0.29, 0.717) is 30.7 Å². The third kappa shape index (κ3) is 5.95. The van der Waals surface area contributed by atoms with E-state index in [1.54, 1.807) is 24.3 Å². The number of hydrogen-bond donors (Lipinski definition) is 1. The van der Waals surface area contributed by atoms with Crippen molar-refractivity contribution in [1.82, 2.24) is 0 Å². The highest BCUT2D eigenvalue weighted by Crippen LogP contribution is 2.48. The third-order valence-electron chi connectivity index (χ3n) is 8.85. The van der Waals surface area contributed by atoms with E-state index in [0.717, 1.165) is 46.2 Å². The van der Waals surface area contributed by atoms with E-state index in [2.05, 4.69) is 34.3 Å². The Labute approximate surface area is 256 Å². The molecule has 1 aliphatic carbocycles. The van der Waals surface area contributed by atoms with E-state index in [1.165, 1.54) is 17.1 Å². The molecule has 1 aliphatic heterocycles. The van der Waals surface area contributed by atoms with Crippen LogP contribution in [0.25, 0.3) is 0 Å². The highest BCUT2D eigenvalue weighted by molar-refractivity contribution is 6.18. The van der Waals surface area contributed by atoms with Gasteiger partial charge in [-0.1, -0.05) is 42.8 Å². The summed E-state index contributed by atoms with van der Waals surface area (Å²) in [6.07, 6.45) is 7.06. The van der Waals surface area contributed by atoms with Crippen molar-refractivity contribution < 1.29 is 18.8 Å². The normalized spacial score (nSPS) is 19.4. The van der Waals surface area contributed by atoms with Gasteiger partial charge in [-0.15, -0.1) is 0 Å². The standard InChI is InChI=1S/C35H36FN5O3/c1-22(37)5-4-16-35(33-19-34(44)41(40-33)30-12-10-29(36)11-13-30)31-14-8-25(23(2)38-20-42)17-27(31)6-7-28-18-26(9-15-32(28)35)24(3)39-21-43/h8-15,17-18,22-24H,4-7,16,19,37H2,1-3H3/t22-,23?,24?,35?/m1/s1. The number of hydrogen-bond acceptors (Lipinski definition) is 7.